The van der Waals surface area contributed by atoms with Gasteiger partial charge in [0.1, 0.15) is 0 Å². The van der Waals surface area contributed by atoms with E-state index in [1.807, 2.05) is 11.8 Å². The highest BCUT2D eigenvalue weighted by Gasteiger charge is 2.32. The van der Waals surface area contributed by atoms with Crippen molar-refractivity contribution in [3.05, 3.63) is 0 Å². The third-order valence-corrected chi connectivity index (χ3v) is 3.30. The average molecular weight is 243 g/mol. The molecular formula is C12H21NO4. The molecule has 1 aliphatic heterocycles. The zero-order valence-corrected chi connectivity index (χ0v) is 10.5. The third kappa shape index (κ3) is 4.00. The fourth-order valence-electron chi connectivity index (χ4n) is 2.33. The summed E-state index contributed by atoms with van der Waals surface area (Å²) < 4.78 is 4.91. The molecule has 1 aliphatic rings. The number of ether oxygens (including phenoxy) is 1. The number of piperidine rings is 1. The van der Waals surface area contributed by atoms with E-state index in [0.717, 1.165) is 6.42 Å². The molecule has 0 spiro atoms. The van der Waals surface area contributed by atoms with Crippen LogP contribution in [-0.2, 0) is 14.3 Å². The number of hydrogen-bond acceptors (Lipinski definition) is 4. The minimum absolute atomic E-state index is 0.175. The molecule has 0 radical (unpaired) electrons. The molecule has 1 rings (SSSR count). The first-order chi connectivity index (χ1) is 8.08. The minimum atomic E-state index is -0.723. The normalized spacial score (nSPS) is 25.5. The van der Waals surface area contributed by atoms with Crippen LogP contribution >= 0.6 is 0 Å². The predicted octanol–water partition coefficient (Wildman–Crippen LogP) is 1.12. The van der Waals surface area contributed by atoms with Crippen LogP contribution in [-0.4, -0.2) is 47.7 Å². The van der Waals surface area contributed by atoms with Crippen molar-refractivity contribution in [1.82, 2.24) is 4.90 Å². The summed E-state index contributed by atoms with van der Waals surface area (Å²) in [5.41, 5.74) is 0. The predicted molar refractivity (Wildman–Crippen MR) is 62.6 cm³/mol. The molecule has 1 fully saturated rings. The number of carboxylic acid groups (broad SMARTS) is 1. The number of hydrogen-bond donors (Lipinski definition) is 1. The second kappa shape index (κ2) is 6.59. The number of nitrogens with zero attached hydrogens (tertiary/aromatic N) is 1. The van der Waals surface area contributed by atoms with Crippen molar-refractivity contribution in [2.24, 2.45) is 5.92 Å². The molecule has 1 heterocycles. The van der Waals surface area contributed by atoms with Crippen molar-refractivity contribution in [2.45, 2.75) is 39.2 Å². The van der Waals surface area contributed by atoms with E-state index in [-0.39, 0.29) is 24.5 Å². The van der Waals surface area contributed by atoms with Gasteiger partial charge in [0, 0.05) is 6.04 Å². The smallest absolute Gasteiger partial charge is 0.320 e. The Hall–Kier alpha value is -1.10. The topological polar surface area (TPSA) is 66.8 Å². The lowest BCUT2D eigenvalue weighted by Crippen LogP contribution is -2.46. The first-order valence-electron chi connectivity index (χ1n) is 6.20. The second-order valence-electron chi connectivity index (χ2n) is 4.40. The number of carboxylic acids is 1. The molecule has 5 heteroatoms. The van der Waals surface area contributed by atoms with Crippen LogP contribution in [0.3, 0.4) is 0 Å². The molecule has 0 aromatic carbocycles. The van der Waals surface area contributed by atoms with Gasteiger partial charge in [-0.3, -0.25) is 14.5 Å². The summed E-state index contributed by atoms with van der Waals surface area (Å²) >= 11 is 0. The van der Waals surface area contributed by atoms with Crippen molar-refractivity contribution in [2.75, 3.05) is 19.7 Å². The molecule has 0 aromatic heterocycles. The Balaban J connectivity index is 2.51. The molecule has 0 aliphatic carbocycles. The third-order valence-electron chi connectivity index (χ3n) is 3.30. The van der Waals surface area contributed by atoms with Crippen molar-refractivity contribution >= 4 is 11.9 Å². The van der Waals surface area contributed by atoms with Crippen LogP contribution in [0.1, 0.15) is 33.1 Å². The Morgan fingerprint density at radius 2 is 2.12 bits per heavy atom. The van der Waals surface area contributed by atoms with Gasteiger partial charge in [0.2, 0.25) is 0 Å². The van der Waals surface area contributed by atoms with Gasteiger partial charge in [0.05, 0.1) is 19.1 Å². The maximum atomic E-state index is 11.4. The lowest BCUT2D eigenvalue weighted by Gasteiger charge is -2.37. The van der Waals surface area contributed by atoms with Gasteiger partial charge in [0.15, 0.2) is 0 Å². The number of rotatable bonds is 5. The zero-order chi connectivity index (χ0) is 12.8. The zero-order valence-electron chi connectivity index (χ0n) is 10.5. The fraction of sp³-hybridized carbons (Fsp3) is 0.833. The molecule has 17 heavy (non-hydrogen) atoms. The quantitative estimate of drug-likeness (QED) is 0.733. The van der Waals surface area contributed by atoms with Crippen LogP contribution in [0.2, 0.25) is 0 Å². The summed E-state index contributed by atoms with van der Waals surface area (Å²) in [5.74, 6) is -1.21. The highest BCUT2D eigenvalue weighted by molar-refractivity contribution is 5.72. The largest absolute Gasteiger partial charge is 0.481 e. The first-order valence-corrected chi connectivity index (χ1v) is 6.20. The fourth-order valence-corrected chi connectivity index (χ4v) is 2.33. The number of aliphatic carboxylic acids is 1. The van der Waals surface area contributed by atoms with E-state index in [1.54, 1.807) is 6.92 Å². The van der Waals surface area contributed by atoms with E-state index < -0.39 is 5.97 Å². The van der Waals surface area contributed by atoms with Crippen LogP contribution in [0, 0.1) is 5.92 Å². The molecule has 98 valence electrons. The minimum Gasteiger partial charge on any atom is -0.481 e. The average Bonchev–Trinajstić information content (AvgIpc) is 2.29. The van der Waals surface area contributed by atoms with Gasteiger partial charge in [-0.25, -0.2) is 0 Å². The molecular weight excluding hydrogens is 222 g/mol. The molecule has 5 nitrogen and oxygen atoms in total. The maximum absolute atomic E-state index is 11.4. The molecule has 2 atom stereocenters. The second-order valence-corrected chi connectivity index (χ2v) is 4.40. The van der Waals surface area contributed by atoms with Crippen LogP contribution in [0.15, 0.2) is 0 Å². The SMILES string of the molecule is CCOC(=O)CN1CCC(C(=O)O)CC1CC. The van der Waals surface area contributed by atoms with Gasteiger partial charge in [-0.15, -0.1) is 0 Å². The van der Waals surface area contributed by atoms with Gasteiger partial charge in [-0.1, -0.05) is 6.92 Å². The Morgan fingerprint density at radius 1 is 1.41 bits per heavy atom. The summed E-state index contributed by atoms with van der Waals surface area (Å²) in [4.78, 5) is 24.4. The van der Waals surface area contributed by atoms with E-state index in [1.165, 1.54) is 0 Å². The Kier molecular flexibility index (Phi) is 5.41. The summed E-state index contributed by atoms with van der Waals surface area (Å²) in [6.07, 6.45) is 2.11. The van der Waals surface area contributed by atoms with E-state index in [4.69, 9.17) is 9.84 Å². The monoisotopic (exact) mass is 243 g/mol. The molecule has 0 saturated carbocycles. The number of carbonyl (C=O) groups is 2. The molecule has 1 saturated heterocycles. The Morgan fingerprint density at radius 3 is 2.65 bits per heavy atom. The van der Waals surface area contributed by atoms with Crippen molar-refractivity contribution in [1.29, 1.82) is 0 Å². The lowest BCUT2D eigenvalue weighted by atomic mass is 9.89. The lowest BCUT2D eigenvalue weighted by molar-refractivity contribution is -0.147. The van der Waals surface area contributed by atoms with Gasteiger partial charge in [0.25, 0.3) is 0 Å². The van der Waals surface area contributed by atoms with Gasteiger partial charge in [-0.05, 0) is 32.7 Å². The van der Waals surface area contributed by atoms with Crippen molar-refractivity contribution in [3.63, 3.8) is 0 Å². The van der Waals surface area contributed by atoms with Crippen LogP contribution in [0.4, 0.5) is 0 Å². The van der Waals surface area contributed by atoms with Crippen molar-refractivity contribution in [3.8, 4) is 0 Å². The highest BCUT2D eigenvalue weighted by atomic mass is 16.5. The number of likely N-dealkylation sites (tertiary alicyclic amines) is 1. The van der Waals surface area contributed by atoms with Crippen LogP contribution in [0.5, 0.6) is 0 Å². The van der Waals surface area contributed by atoms with Crippen molar-refractivity contribution < 1.29 is 19.4 Å². The van der Waals surface area contributed by atoms with Crippen LogP contribution in [0.25, 0.3) is 0 Å². The Bertz CT molecular complexity index is 280. The van der Waals surface area contributed by atoms with E-state index in [9.17, 15) is 9.59 Å². The molecule has 0 amide bonds. The molecule has 0 aromatic rings. The number of carbonyl (C=O) groups excluding carboxylic acids is 1. The van der Waals surface area contributed by atoms with E-state index >= 15 is 0 Å². The van der Waals surface area contributed by atoms with E-state index in [0.29, 0.717) is 26.0 Å². The maximum Gasteiger partial charge on any atom is 0.320 e. The highest BCUT2D eigenvalue weighted by Crippen LogP contribution is 2.24. The molecule has 0 bridgehead atoms. The standard InChI is InChI=1S/C12H21NO4/c1-3-10-7-9(12(15)16)5-6-13(10)8-11(14)17-4-2/h9-10H,3-8H2,1-2H3,(H,15,16). The summed E-state index contributed by atoms with van der Waals surface area (Å²) in [6, 6.07) is 0.175. The summed E-state index contributed by atoms with van der Waals surface area (Å²) in [7, 11) is 0. The van der Waals surface area contributed by atoms with Gasteiger partial charge < -0.3 is 9.84 Å². The number of esters is 1. The summed E-state index contributed by atoms with van der Waals surface area (Å²) in [6.45, 7) is 5.13. The summed E-state index contributed by atoms with van der Waals surface area (Å²) in [5, 5.41) is 8.99. The Labute approximate surface area is 102 Å². The molecule has 2 unspecified atom stereocenters. The molecule has 1 N–H and O–H groups in total. The van der Waals surface area contributed by atoms with Crippen LogP contribution < -0.4 is 0 Å². The van der Waals surface area contributed by atoms with Gasteiger partial charge >= 0.3 is 11.9 Å². The first kappa shape index (κ1) is 14.0. The van der Waals surface area contributed by atoms with Gasteiger partial charge in [-0.2, -0.15) is 0 Å². The van der Waals surface area contributed by atoms with E-state index in [2.05, 4.69) is 0 Å².